The predicted octanol–water partition coefficient (Wildman–Crippen LogP) is 4.26. The van der Waals surface area contributed by atoms with E-state index in [0.717, 1.165) is 66.7 Å². The molecular weight excluding hydrogens is 426 g/mol. The number of carbonyl (C=O) groups is 1. The molecule has 0 aliphatic carbocycles. The number of methoxy groups -OCH3 is 1. The Hall–Kier alpha value is -3.61. The Kier molecular flexibility index (Phi) is 7.62. The van der Waals surface area contributed by atoms with Crippen LogP contribution in [-0.2, 0) is 17.8 Å². The molecule has 7 nitrogen and oxygen atoms in total. The van der Waals surface area contributed by atoms with Gasteiger partial charge in [-0.05, 0) is 60.9 Å². The summed E-state index contributed by atoms with van der Waals surface area (Å²) in [7, 11) is 1.67. The molecule has 0 saturated carbocycles. The number of nitrogens with one attached hydrogen (secondary N) is 1. The van der Waals surface area contributed by atoms with Gasteiger partial charge in [-0.25, -0.2) is 0 Å². The van der Waals surface area contributed by atoms with Gasteiger partial charge in [0.25, 0.3) is 0 Å². The monoisotopic (exact) mass is 459 g/mol. The Bertz CT molecular complexity index is 1180. The molecule has 2 aromatic carbocycles. The first-order chi connectivity index (χ1) is 16.6. The van der Waals surface area contributed by atoms with Crippen molar-refractivity contribution in [1.82, 2.24) is 14.7 Å². The zero-order valence-electron chi connectivity index (χ0n) is 19.7. The number of rotatable bonds is 8. The SMILES string of the molecule is COc1ccccc1CCC(=O)N1CCCC(Cn2ncc3cc(/C(C=N)=C/N)ccc32)CC1. The summed E-state index contributed by atoms with van der Waals surface area (Å²) >= 11 is 0. The van der Waals surface area contributed by atoms with E-state index in [4.69, 9.17) is 15.9 Å². The predicted molar refractivity (Wildman–Crippen MR) is 136 cm³/mol. The van der Waals surface area contributed by atoms with Crippen molar-refractivity contribution in [2.75, 3.05) is 20.2 Å². The molecule has 1 aliphatic heterocycles. The van der Waals surface area contributed by atoms with Crippen LogP contribution in [0, 0.1) is 11.3 Å². The number of allylic oxidation sites excluding steroid dienone is 1. The van der Waals surface area contributed by atoms with E-state index < -0.39 is 0 Å². The highest BCUT2D eigenvalue weighted by Crippen LogP contribution is 2.25. The quantitative estimate of drug-likeness (QED) is 0.492. The number of hydrogen-bond acceptors (Lipinski definition) is 5. The second kappa shape index (κ2) is 11.0. The van der Waals surface area contributed by atoms with E-state index in [0.29, 0.717) is 24.3 Å². The molecular formula is C27H33N5O2. The van der Waals surface area contributed by atoms with Crippen LogP contribution in [0.3, 0.4) is 0 Å². The van der Waals surface area contributed by atoms with Crippen LogP contribution >= 0.6 is 0 Å². The van der Waals surface area contributed by atoms with Crippen LogP contribution in [0.1, 0.15) is 36.8 Å². The van der Waals surface area contributed by atoms with E-state index in [1.165, 1.54) is 12.4 Å². The van der Waals surface area contributed by atoms with Crippen molar-refractivity contribution in [3.8, 4) is 5.75 Å². The molecule has 3 N–H and O–H groups in total. The van der Waals surface area contributed by atoms with Gasteiger partial charge >= 0.3 is 0 Å². The molecule has 1 aliphatic rings. The van der Waals surface area contributed by atoms with Gasteiger partial charge in [-0.1, -0.05) is 24.3 Å². The summed E-state index contributed by atoms with van der Waals surface area (Å²) in [5.41, 5.74) is 9.40. The fourth-order valence-corrected chi connectivity index (χ4v) is 4.79. The number of carbonyl (C=O) groups excluding carboxylic acids is 1. The fourth-order valence-electron chi connectivity index (χ4n) is 4.79. The molecule has 1 saturated heterocycles. The largest absolute Gasteiger partial charge is 0.496 e. The molecule has 34 heavy (non-hydrogen) atoms. The van der Waals surface area contributed by atoms with Crippen LogP contribution in [0.2, 0.25) is 0 Å². The number of aryl methyl sites for hydroxylation is 1. The molecule has 4 rings (SSSR count). The Morgan fingerprint density at radius 1 is 1.24 bits per heavy atom. The van der Waals surface area contributed by atoms with Crippen molar-refractivity contribution in [1.29, 1.82) is 5.41 Å². The number of likely N-dealkylation sites (tertiary alicyclic amines) is 1. The summed E-state index contributed by atoms with van der Waals surface area (Å²) in [5, 5.41) is 13.2. The van der Waals surface area contributed by atoms with Gasteiger partial charge in [0.05, 0.1) is 18.8 Å². The minimum Gasteiger partial charge on any atom is -0.496 e. The highest BCUT2D eigenvalue weighted by molar-refractivity contribution is 6.09. The topological polar surface area (TPSA) is 97.2 Å². The van der Waals surface area contributed by atoms with Crippen molar-refractivity contribution < 1.29 is 9.53 Å². The van der Waals surface area contributed by atoms with Crippen LogP contribution in [0.5, 0.6) is 5.75 Å². The number of amides is 1. The molecule has 1 amide bonds. The van der Waals surface area contributed by atoms with Gasteiger partial charge in [0.2, 0.25) is 5.91 Å². The minimum atomic E-state index is 0.221. The summed E-state index contributed by atoms with van der Waals surface area (Å²) in [6.45, 7) is 2.46. The normalized spacial score (nSPS) is 16.9. The van der Waals surface area contributed by atoms with E-state index in [1.807, 2.05) is 47.5 Å². The van der Waals surface area contributed by atoms with Gasteiger partial charge in [-0.2, -0.15) is 5.10 Å². The number of aromatic nitrogens is 2. The summed E-state index contributed by atoms with van der Waals surface area (Å²) < 4.78 is 7.48. The molecule has 7 heteroatoms. The van der Waals surface area contributed by atoms with Crippen molar-refractivity contribution in [3.05, 3.63) is 66.0 Å². The summed E-state index contributed by atoms with van der Waals surface area (Å²) in [6.07, 6.45) is 8.88. The lowest BCUT2D eigenvalue weighted by Crippen LogP contribution is -2.32. The Labute approximate surface area is 200 Å². The standard InChI is InChI=1S/C27H33N5O2/c1-34-26-7-3-2-6-21(26)9-11-27(33)31-13-4-5-20(12-14-31)19-32-25-10-8-22(24(16-28)17-29)15-23(25)18-30-32/h2-3,6-8,10,15-18,20,28H,4-5,9,11-14,19,29H2,1H3/b24-17+,28-16?. The number of nitrogens with two attached hydrogens (primary N) is 1. The summed E-state index contributed by atoms with van der Waals surface area (Å²) in [5.74, 6) is 1.55. The summed E-state index contributed by atoms with van der Waals surface area (Å²) in [4.78, 5) is 14.9. The molecule has 1 fully saturated rings. The first kappa shape index (κ1) is 23.5. The Morgan fingerprint density at radius 3 is 2.88 bits per heavy atom. The van der Waals surface area contributed by atoms with Gasteiger partial charge in [0, 0.05) is 49.4 Å². The third-order valence-corrected chi connectivity index (χ3v) is 6.74. The van der Waals surface area contributed by atoms with Gasteiger partial charge in [-0.15, -0.1) is 0 Å². The van der Waals surface area contributed by atoms with E-state index in [2.05, 4.69) is 15.8 Å². The first-order valence-electron chi connectivity index (χ1n) is 11.9. The average molecular weight is 460 g/mol. The van der Waals surface area contributed by atoms with Crippen LogP contribution in [0.25, 0.3) is 16.5 Å². The number of ether oxygens (including phenoxy) is 1. The van der Waals surface area contributed by atoms with E-state index in [-0.39, 0.29) is 5.91 Å². The van der Waals surface area contributed by atoms with Crippen LogP contribution in [0.15, 0.2) is 54.9 Å². The van der Waals surface area contributed by atoms with Gasteiger partial charge in [-0.3, -0.25) is 9.48 Å². The lowest BCUT2D eigenvalue weighted by Gasteiger charge is -2.21. The molecule has 1 unspecified atom stereocenters. The number of hydrogen-bond donors (Lipinski definition) is 2. The lowest BCUT2D eigenvalue weighted by molar-refractivity contribution is -0.131. The molecule has 2 heterocycles. The van der Waals surface area contributed by atoms with Crippen LogP contribution in [0.4, 0.5) is 0 Å². The molecule has 1 atom stereocenters. The minimum absolute atomic E-state index is 0.221. The van der Waals surface area contributed by atoms with Gasteiger partial charge in [0.15, 0.2) is 0 Å². The van der Waals surface area contributed by atoms with E-state index >= 15 is 0 Å². The molecule has 178 valence electrons. The molecule has 1 aromatic heterocycles. The number of fused-ring (bicyclic) bond motifs is 1. The van der Waals surface area contributed by atoms with Crippen molar-refractivity contribution in [3.63, 3.8) is 0 Å². The molecule has 0 radical (unpaired) electrons. The van der Waals surface area contributed by atoms with Crippen molar-refractivity contribution >= 4 is 28.6 Å². The maximum Gasteiger partial charge on any atom is 0.222 e. The van der Waals surface area contributed by atoms with Crippen LogP contribution in [-0.4, -0.2) is 47.0 Å². The Morgan fingerprint density at radius 2 is 2.09 bits per heavy atom. The zero-order chi connectivity index (χ0) is 23.9. The second-order valence-corrected chi connectivity index (χ2v) is 8.86. The number of benzene rings is 2. The maximum atomic E-state index is 12.9. The summed E-state index contributed by atoms with van der Waals surface area (Å²) in [6, 6.07) is 14.0. The third-order valence-electron chi connectivity index (χ3n) is 6.74. The first-order valence-corrected chi connectivity index (χ1v) is 11.9. The molecule has 0 bridgehead atoms. The lowest BCUT2D eigenvalue weighted by atomic mass is 10.0. The Balaban J connectivity index is 1.35. The molecule has 3 aromatic rings. The average Bonchev–Trinajstić information content (AvgIpc) is 3.11. The van der Waals surface area contributed by atoms with E-state index in [1.54, 1.807) is 7.11 Å². The van der Waals surface area contributed by atoms with E-state index in [9.17, 15) is 4.79 Å². The number of nitrogens with zero attached hydrogens (tertiary/aromatic N) is 3. The van der Waals surface area contributed by atoms with Crippen molar-refractivity contribution in [2.45, 2.75) is 38.6 Å². The highest BCUT2D eigenvalue weighted by atomic mass is 16.5. The number of para-hydroxylation sites is 1. The fraction of sp³-hybridized carbons (Fsp3) is 0.370. The zero-order valence-corrected chi connectivity index (χ0v) is 19.7. The van der Waals surface area contributed by atoms with Gasteiger partial charge < -0.3 is 20.8 Å². The highest BCUT2D eigenvalue weighted by Gasteiger charge is 2.22. The maximum absolute atomic E-state index is 12.9. The third kappa shape index (κ3) is 5.30. The van der Waals surface area contributed by atoms with Gasteiger partial charge in [0.1, 0.15) is 5.75 Å². The smallest absolute Gasteiger partial charge is 0.222 e. The molecule has 0 spiro atoms. The van der Waals surface area contributed by atoms with Crippen molar-refractivity contribution in [2.24, 2.45) is 11.7 Å². The van der Waals surface area contributed by atoms with Crippen LogP contribution < -0.4 is 10.5 Å². The second-order valence-electron chi connectivity index (χ2n) is 8.86.